The molecule has 6 heteroatoms. The van der Waals surface area contributed by atoms with Gasteiger partial charge in [0.15, 0.2) is 0 Å². The van der Waals surface area contributed by atoms with Gasteiger partial charge in [0.25, 0.3) is 0 Å². The van der Waals surface area contributed by atoms with Crippen LogP contribution in [-0.2, 0) is 0 Å². The minimum atomic E-state index is 0. The molecule has 1 aliphatic heterocycles. The van der Waals surface area contributed by atoms with Crippen molar-refractivity contribution in [2.24, 2.45) is 5.92 Å². The Kier molecular flexibility index (Phi) is 9.85. The zero-order valence-corrected chi connectivity index (χ0v) is 15.2. The van der Waals surface area contributed by atoms with Crippen LogP contribution >= 0.6 is 24.8 Å². The summed E-state index contributed by atoms with van der Waals surface area (Å²) in [6.07, 6.45) is 1.02. The van der Waals surface area contributed by atoms with Gasteiger partial charge >= 0.3 is 0 Å². The van der Waals surface area contributed by atoms with Crippen molar-refractivity contribution in [3.8, 4) is 11.5 Å². The molecule has 1 aliphatic rings. The van der Waals surface area contributed by atoms with Crippen molar-refractivity contribution in [1.29, 1.82) is 0 Å². The maximum atomic E-state index is 10.3. The van der Waals surface area contributed by atoms with Crippen LogP contribution in [0.4, 0.5) is 0 Å². The molecule has 1 aromatic carbocycles. The Labute approximate surface area is 146 Å². The first-order valence-electron chi connectivity index (χ1n) is 7.44. The summed E-state index contributed by atoms with van der Waals surface area (Å²) in [5.74, 6) is 1.70. The first kappa shape index (κ1) is 21.3. The van der Waals surface area contributed by atoms with Gasteiger partial charge in [-0.3, -0.25) is 4.90 Å². The Morgan fingerprint density at radius 3 is 2.41 bits per heavy atom. The van der Waals surface area contributed by atoms with E-state index in [-0.39, 0.29) is 30.9 Å². The summed E-state index contributed by atoms with van der Waals surface area (Å²) in [5.41, 5.74) is 0.936. The number of rotatable bonds is 5. The second-order valence-electron chi connectivity index (χ2n) is 5.82. The van der Waals surface area contributed by atoms with Crippen LogP contribution in [0, 0.1) is 5.92 Å². The highest BCUT2D eigenvalue weighted by atomic mass is 35.5. The van der Waals surface area contributed by atoms with Gasteiger partial charge in [-0.05, 0) is 24.5 Å². The fraction of sp³-hybridized carbons (Fsp3) is 0.625. The van der Waals surface area contributed by atoms with E-state index in [1.54, 1.807) is 13.2 Å². The molecule has 0 radical (unpaired) electrons. The van der Waals surface area contributed by atoms with E-state index in [0.29, 0.717) is 11.7 Å². The highest BCUT2D eigenvalue weighted by Crippen LogP contribution is 2.39. The molecule has 22 heavy (non-hydrogen) atoms. The Morgan fingerprint density at radius 1 is 1.23 bits per heavy atom. The fourth-order valence-electron chi connectivity index (χ4n) is 2.94. The van der Waals surface area contributed by atoms with Gasteiger partial charge in [-0.1, -0.05) is 19.9 Å². The molecule has 0 saturated carbocycles. The SMILES string of the molecule is COc1cccc(O)c1[C@H](CC(C)C)N1CCNCC1.Cl.Cl. The first-order valence-corrected chi connectivity index (χ1v) is 7.44. The monoisotopic (exact) mass is 350 g/mol. The maximum Gasteiger partial charge on any atom is 0.127 e. The molecule has 0 amide bonds. The Hall–Kier alpha value is -0.680. The molecule has 0 bridgehead atoms. The summed E-state index contributed by atoms with van der Waals surface area (Å²) in [5, 5.41) is 13.7. The van der Waals surface area contributed by atoms with Crippen LogP contribution in [0.15, 0.2) is 18.2 Å². The summed E-state index contributed by atoms with van der Waals surface area (Å²) in [4.78, 5) is 2.45. The molecular formula is C16H28Cl2N2O2. The molecule has 2 N–H and O–H groups in total. The lowest BCUT2D eigenvalue weighted by Gasteiger charge is -2.37. The van der Waals surface area contributed by atoms with Crippen LogP contribution < -0.4 is 10.1 Å². The van der Waals surface area contributed by atoms with E-state index in [2.05, 4.69) is 24.1 Å². The predicted molar refractivity (Wildman–Crippen MR) is 95.8 cm³/mol. The van der Waals surface area contributed by atoms with Crippen molar-refractivity contribution < 1.29 is 9.84 Å². The van der Waals surface area contributed by atoms with Gasteiger partial charge in [0.2, 0.25) is 0 Å². The van der Waals surface area contributed by atoms with Crippen molar-refractivity contribution in [2.75, 3.05) is 33.3 Å². The molecule has 0 unspecified atom stereocenters. The van der Waals surface area contributed by atoms with E-state index in [9.17, 15) is 5.11 Å². The van der Waals surface area contributed by atoms with Crippen molar-refractivity contribution in [3.05, 3.63) is 23.8 Å². The molecule has 1 atom stereocenters. The molecule has 128 valence electrons. The smallest absolute Gasteiger partial charge is 0.127 e. The van der Waals surface area contributed by atoms with Gasteiger partial charge in [0, 0.05) is 32.2 Å². The number of methoxy groups -OCH3 is 1. The van der Waals surface area contributed by atoms with Crippen LogP contribution in [0.5, 0.6) is 11.5 Å². The molecular weight excluding hydrogens is 323 g/mol. The number of aromatic hydroxyl groups is 1. The van der Waals surface area contributed by atoms with Crippen molar-refractivity contribution in [1.82, 2.24) is 10.2 Å². The molecule has 4 nitrogen and oxygen atoms in total. The Balaban J connectivity index is 0.00000220. The molecule has 1 saturated heterocycles. The number of phenolic OH excluding ortho intramolecular Hbond substituents is 1. The van der Waals surface area contributed by atoms with Gasteiger partial charge in [0.05, 0.1) is 12.7 Å². The first-order chi connectivity index (χ1) is 9.63. The Bertz CT molecular complexity index is 438. The maximum absolute atomic E-state index is 10.3. The van der Waals surface area contributed by atoms with Gasteiger partial charge in [-0.25, -0.2) is 0 Å². The number of nitrogens with one attached hydrogen (secondary N) is 1. The number of phenols is 1. The second kappa shape index (κ2) is 10.2. The molecule has 2 rings (SSSR count). The standard InChI is InChI=1S/C16H26N2O2.2ClH/c1-12(2)11-13(18-9-7-17-8-10-18)16-14(19)5-4-6-15(16)20-3;;/h4-6,12-13,17,19H,7-11H2,1-3H3;2*1H/t13-;;/m0../s1. The second-order valence-corrected chi connectivity index (χ2v) is 5.82. The normalized spacial score (nSPS) is 16.5. The minimum Gasteiger partial charge on any atom is -0.507 e. The third kappa shape index (κ3) is 5.20. The van der Waals surface area contributed by atoms with Crippen LogP contribution in [0.1, 0.15) is 31.9 Å². The molecule has 1 heterocycles. The van der Waals surface area contributed by atoms with E-state index in [1.807, 2.05) is 12.1 Å². The number of halogens is 2. The van der Waals surface area contributed by atoms with Gasteiger partial charge in [-0.15, -0.1) is 24.8 Å². The van der Waals surface area contributed by atoms with E-state index in [0.717, 1.165) is 43.9 Å². The highest BCUT2D eigenvalue weighted by molar-refractivity contribution is 5.85. The summed E-state index contributed by atoms with van der Waals surface area (Å²) in [6.45, 7) is 8.47. The zero-order chi connectivity index (χ0) is 14.5. The van der Waals surface area contributed by atoms with E-state index in [1.165, 1.54) is 0 Å². The molecule has 1 fully saturated rings. The average Bonchev–Trinajstić information content (AvgIpc) is 2.45. The van der Waals surface area contributed by atoms with Crippen LogP contribution in [0.2, 0.25) is 0 Å². The quantitative estimate of drug-likeness (QED) is 0.855. The molecule has 0 aromatic heterocycles. The van der Waals surface area contributed by atoms with Crippen molar-refractivity contribution in [2.45, 2.75) is 26.3 Å². The van der Waals surface area contributed by atoms with Crippen molar-refractivity contribution >= 4 is 24.8 Å². The Morgan fingerprint density at radius 2 is 1.86 bits per heavy atom. The third-order valence-electron chi connectivity index (χ3n) is 3.88. The van der Waals surface area contributed by atoms with Crippen LogP contribution in [0.25, 0.3) is 0 Å². The summed E-state index contributed by atoms with van der Waals surface area (Å²) < 4.78 is 5.48. The summed E-state index contributed by atoms with van der Waals surface area (Å²) in [6, 6.07) is 5.74. The predicted octanol–water partition coefficient (Wildman–Crippen LogP) is 3.24. The number of benzene rings is 1. The molecule has 0 spiro atoms. The van der Waals surface area contributed by atoms with E-state index >= 15 is 0 Å². The topological polar surface area (TPSA) is 44.7 Å². The molecule has 0 aliphatic carbocycles. The highest BCUT2D eigenvalue weighted by Gasteiger charge is 2.27. The minimum absolute atomic E-state index is 0. The number of ether oxygens (including phenoxy) is 1. The fourth-order valence-corrected chi connectivity index (χ4v) is 2.94. The largest absolute Gasteiger partial charge is 0.507 e. The van der Waals surface area contributed by atoms with Gasteiger partial charge in [0.1, 0.15) is 11.5 Å². The summed E-state index contributed by atoms with van der Waals surface area (Å²) in [7, 11) is 1.67. The number of nitrogens with zero attached hydrogens (tertiary/aromatic N) is 1. The average molecular weight is 351 g/mol. The zero-order valence-electron chi connectivity index (χ0n) is 13.5. The summed E-state index contributed by atoms with van der Waals surface area (Å²) >= 11 is 0. The lowest BCUT2D eigenvalue weighted by molar-refractivity contribution is 0.149. The number of hydrogen-bond acceptors (Lipinski definition) is 4. The van der Waals surface area contributed by atoms with Gasteiger partial charge < -0.3 is 15.2 Å². The van der Waals surface area contributed by atoms with E-state index in [4.69, 9.17) is 4.74 Å². The lowest BCUT2D eigenvalue weighted by Crippen LogP contribution is -2.45. The number of piperazine rings is 1. The van der Waals surface area contributed by atoms with E-state index < -0.39 is 0 Å². The van der Waals surface area contributed by atoms with Crippen LogP contribution in [-0.4, -0.2) is 43.3 Å². The molecule has 1 aromatic rings. The lowest BCUT2D eigenvalue weighted by atomic mass is 9.93. The van der Waals surface area contributed by atoms with Crippen LogP contribution in [0.3, 0.4) is 0 Å². The third-order valence-corrected chi connectivity index (χ3v) is 3.88. The van der Waals surface area contributed by atoms with Gasteiger partial charge in [-0.2, -0.15) is 0 Å². The van der Waals surface area contributed by atoms with Crippen molar-refractivity contribution in [3.63, 3.8) is 0 Å². The number of hydrogen-bond donors (Lipinski definition) is 2.